The van der Waals surface area contributed by atoms with Gasteiger partial charge in [-0.2, -0.15) is 4.98 Å². The summed E-state index contributed by atoms with van der Waals surface area (Å²) in [4.78, 5) is 18.9. The summed E-state index contributed by atoms with van der Waals surface area (Å²) in [5.41, 5.74) is 5.49. The molecule has 47 heavy (non-hydrogen) atoms. The molecule has 0 fully saturated rings. The molecule has 0 bridgehead atoms. The summed E-state index contributed by atoms with van der Waals surface area (Å²) in [6.07, 6.45) is 0. The molecule has 2 heterocycles. The van der Waals surface area contributed by atoms with Crippen LogP contribution in [0.1, 0.15) is 35.2 Å². The zero-order valence-electron chi connectivity index (χ0n) is 25.7. The van der Waals surface area contributed by atoms with Crippen LogP contribution in [0.2, 0.25) is 10.0 Å². The van der Waals surface area contributed by atoms with Crippen molar-refractivity contribution in [3.05, 3.63) is 133 Å². The maximum Gasteiger partial charge on any atom is 0.255 e. The fourth-order valence-electron chi connectivity index (χ4n) is 5.23. The van der Waals surface area contributed by atoms with Crippen molar-refractivity contribution < 1.29 is 14.3 Å². The first kappa shape index (κ1) is 33.0. The molecular formula is C35H30BrCl2N5O3S. The van der Waals surface area contributed by atoms with E-state index in [4.69, 9.17) is 42.8 Å². The number of fused-ring (bicyclic) bond motifs is 1. The first-order valence-electron chi connectivity index (χ1n) is 14.6. The molecule has 0 radical (unpaired) electrons. The van der Waals surface area contributed by atoms with E-state index in [1.165, 1.54) is 11.8 Å². The van der Waals surface area contributed by atoms with Gasteiger partial charge in [-0.3, -0.25) is 4.79 Å². The minimum absolute atomic E-state index is 0.265. The molecule has 12 heteroatoms. The van der Waals surface area contributed by atoms with Crippen molar-refractivity contribution in [1.29, 1.82) is 0 Å². The molecule has 6 rings (SSSR count). The average Bonchev–Trinajstić information content (AvgIpc) is 3.46. The van der Waals surface area contributed by atoms with Crippen molar-refractivity contribution in [2.24, 2.45) is 0 Å². The van der Waals surface area contributed by atoms with E-state index in [1.807, 2.05) is 98.8 Å². The van der Waals surface area contributed by atoms with Gasteiger partial charge >= 0.3 is 0 Å². The molecule has 0 saturated carbocycles. The SMILES string of the molecule is COc1cc(C2C(C(=O)Nc3ccccc3C)=C(C)Nc3nc(SCc4ccccc4Cl)nn32)cc(Br)c1OCc1ccc(Cl)cc1. The van der Waals surface area contributed by atoms with Crippen LogP contribution in [-0.2, 0) is 17.2 Å². The molecule has 2 N–H and O–H groups in total. The Bertz CT molecular complexity index is 1980. The van der Waals surface area contributed by atoms with E-state index in [-0.39, 0.29) is 5.91 Å². The van der Waals surface area contributed by atoms with Gasteiger partial charge in [-0.15, -0.1) is 5.10 Å². The maximum absolute atomic E-state index is 14.1. The molecule has 1 aromatic heterocycles. The van der Waals surface area contributed by atoms with Gasteiger partial charge in [-0.25, -0.2) is 4.68 Å². The van der Waals surface area contributed by atoms with E-state index in [2.05, 4.69) is 26.6 Å². The van der Waals surface area contributed by atoms with Crippen molar-refractivity contribution in [2.45, 2.75) is 37.4 Å². The molecule has 0 saturated heterocycles. The number of para-hydroxylation sites is 1. The second-order valence-corrected chi connectivity index (χ2v) is 13.5. The number of halogens is 3. The lowest BCUT2D eigenvalue weighted by molar-refractivity contribution is -0.113. The monoisotopic (exact) mass is 749 g/mol. The van der Waals surface area contributed by atoms with Crippen LogP contribution in [0.3, 0.4) is 0 Å². The van der Waals surface area contributed by atoms with Crippen molar-refractivity contribution in [3.8, 4) is 11.5 Å². The van der Waals surface area contributed by atoms with Crippen LogP contribution in [0.4, 0.5) is 11.6 Å². The Balaban J connectivity index is 1.38. The fourth-order valence-corrected chi connectivity index (χ4v) is 7.04. The largest absolute Gasteiger partial charge is 0.493 e. The number of hydrogen-bond acceptors (Lipinski definition) is 7. The number of ether oxygens (including phenoxy) is 2. The highest BCUT2D eigenvalue weighted by Gasteiger charge is 2.35. The first-order chi connectivity index (χ1) is 22.7. The van der Waals surface area contributed by atoms with Crippen LogP contribution in [0.25, 0.3) is 0 Å². The molecule has 0 aliphatic carbocycles. The number of thioether (sulfide) groups is 1. The molecule has 8 nitrogen and oxygen atoms in total. The number of rotatable bonds is 10. The Labute approximate surface area is 295 Å². The fraction of sp³-hybridized carbons (Fsp3) is 0.171. The van der Waals surface area contributed by atoms with Crippen LogP contribution in [0.15, 0.2) is 106 Å². The number of aryl methyl sites for hydroxylation is 1. The Kier molecular flexibility index (Phi) is 10.1. The van der Waals surface area contributed by atoms with E-state index in [0.29, 0.717) is 60.8 Å². The van der Waals surface area contributed by atoms with E-state index in [9.17, 15) is 4.79 Å². The summed E-state index contributed by atoms with van der Waals surface area (Å²) in [7, 11) is 1.58. The quantitative estimate of drug-likeness (QED) is 0.138. The molecule has 1 aliphatic heterocycles. The van der Waals surface area contributed by atoms with Crippen LogP contribution >= 0.6 is 50.9 Å². The maximum atomic E-state index is 14.1. The molecule has 1 amide bonds. The number of allylic oxidation sites excluding steroid dienone is 1. The highest BCUT2D eigenvalue weighted by molar-refractivity contribution is 9.10. The zero-order valence-corrected chi connectivity index (χ0v) is 29.6. The Morgan fingerprint density at radius 2 is 1.79 bits per heavy atom. The number of methoxy groups -OCH3 is 1. The van der Waals surface area contributed by atoms with Gasteiger partial charge in [0.25, 0.3) is 5.91 Å². The summed E-state index contributed by atoms with van der Waals surface area (Å²) < 4.78 is 14.4. The normalized spacial score (nSPS) is 14.0. The molecule has 1 aliphatic rings. The van der Waals surface area contributed by atoms with Gasteiger partial charge in [0, 0.05) is 27.2 Å². The van der Waals surface area contributed by atoms with Gasteiger partial charge < -0.3 is 20.1 Å². The summed E-state index contributed by atoms with van der Waals surface area (Å²) >= 11 is 17.6. The molecule has 240 valence electrons. The van der Waals surface area contributed by atoms with Crippen molar-refractivity contribution >= 4 is 68.4 Å². The number of carbonyl (C=O) groups is 1. The number of nitrogens with zero attached hydrogens (tertiary/aromatic N) is 3. The van der Waals surface area contributed by atoms with Gasteiger partial charge in [-0.05, 0) is 88.4 Å². The Morgan fingerprint density at radius 1 is 1.04 bits per heavy atom. The van der Waals surface area contributed by atoms with E-state index < -0.39 is 6.04 Å². The van der Waals surface area contributed by atoms with Gasteiger partial charge in [0.1, 0.15) is 12.6 Å². The second kappa shape index (κ2) is 14.4. The van der Waals surface area contributed by atoms with Crippen molar-refractivity contribution in [2.75, 3.05) is 17.7 Å². The van der Waals surface area contributed by atoms with Gasteiger partial charge in [0.2, 0.25) is 11.1 Å². The minimum Gasteiger partial charge on any atom is -0.493 e. The summed E-state index contributed by atoms with van der Waals surface area (Å²) in [5, 5.41) is 13.2. The smallest absolute Gasteiger partial charge is 0.255 e. The molecule has 0 spiro atoms. The van der Waals surface area contributed by atoms with Crippen LogP contribution in [0, 0.1) is 6.92 Å². The zero-order chi connectivity index (χ0) is 33.1. The van der Waals surface area contributed by atoms with Gasteiger partial charge in [0.15, 0.2) is 11.5 Å². The van der Waals surface area contributed by atoms with Crippen molar-refractivity contribution in [1.82, 2.24) is 14.8 Å². The van der Waals surface area contributed by atoms with Crippen molar-refractivity contribution in [3.63, 3.8) is 0 Å². The lowest BCUT2D eigenvalue weighted by Crippen LogP contribution is -2.31. The van der Waals surface area contributed by atoms with Gasteiger partial charge in [-0.1, -0.05) is 83.5 Å². The van der Waals surface area contributed by atoms with Crippen LogP contribution in [-0.4, -0.2) is 27.8 Å². The molecule has 5 aromatic rings. The number of aromatic nitrogens is 3. The third-order valence-corrected chi connectivity index (χ3v) is 9.75. The van der Waals surface area contributed by atoms with E-state index >= 15 is 0 Å². The standard InChI is InChI=1S/C35H30BrCl2N5O3S/c1-20-8-4-7-11-28(20)40-33(44)30-21(2)39-34-41-35(47-19-23-9-5-6-10-27(23)38)42-43(34)31(30)24-16-26(36)32(29(17-24)45-3)46-18-22-12-14-25(37)15-13-22/h4-17,31H,18-19H2,1-3H3,(H,40,44)(H,39,41,42). The lowest BCUT2D eigenvalue weighted by Gasteiger charge is -2.29. The van der Waals surface area contributed by atoms with Crippen LogP contribution in [0.5, 0.6) is 11.5 Å². The first-order valence-corrected chi connectivity index (χ1v) is 17.2. The molecule has 1 atom stereocenters. The summed E-state index contributed by atoms with van der Waals surface area (Å²) in [5.74, 6) is 1.85. The number of amides is 1. The minimum atomic E-state index is -0.645. The highest BCUT2D eigenvalue weighted by Crippen LogP contribution is 2.44. The average molecular weight is 752 g/mol. The number of nitrogens with one attached hydrogen (secondary N) is 2. The van der Waals surface area contributed by atoms with Gasteiger partial charge in [0.05, 0.1) is 17.2 Å². The predicted octanol–water partition coefficient (Wildman–Crippen LogP) is 9.46. The van der Waals surface area contributed by atoms with E-state index in [0.717, 1.165) is 27.9 Å². The summed E-state index contributed by atoms with van der Waals surface area (Å²) in [6.45, 7) is 4.13. The topological polar surface area (TPSA) is 90.3 Å². The Morgan fingerprint density at radius 3 is 2.53 bits per heavy atom. The second-order valence-electron chi connectivity index (χ2n) is 10.8. The molecule has 4 aromatic carbocycles. The predicted molar refractivity (Wildman–Crippen MR) is 192 cm³/mol. The summed E-state index contributed by atoms with van der Waals surface area (Å²) in [6, 6.07) is 26.0. The highest BCUT2D eigenvalue weighted by atomic mass is 79.9. The number of anilines is 2. The third-order valence-electron chi connectivity index (χ3n) is 7.65. The third kappa shape index (κ3) is 7.31. The number of benzene rings is 4. The molecular weight excluding hydrogens is 721 g/mol. The van der Waals surface area contributed by atoms with Crippen LogP contribution < -0.4 is 20.1 Å². The Hall–Kier alpha value is -3.96. The number of carbonyl (C=O) groups excluding carboxylic acids is 1. The van der Waals surface area contributed by atoms with E-state index in [1.54, 1.807) is 11.8 Å². The molecule has 1 unspecified atom stereocenters. The lowest BCUT2D eigenvalue weighted by atomic mass is 9.94. The number of hydrogen-bond donors (Lipinski definition) is 2.